The van der Waals surface area contributed by atoms with Crippen LogP contribution in [0.1, 0.15) is 26.8 Å². The second-order valence-corrected chi connectivity index (χ2v) is 7.08. The Morgan fingerprint density at radius 2 is 1.85 bits per heavy atom. The van der Waals surface area contributed by atoms with Crippen molar-refractivity contribution in [3.63, 3.8) is 0 Å². The number of carbonyl (C=O) groups excluding carboxylic acids is 1. The first-order valence-corrected chi connectivity index (χ1v) is 9.16. The van der Waals surface area contributed by atoms with Crippen molar-refractivity contribution in [3.05, 3.63) is 94.1 Å². The molecule has 1 unspecified atom stereocenters. The van der Waals surface area contributed by atoms with Crippen molar-refractivity contribution in [2.75, 3.05) is 7.05 Å². The number of amides is 1. The van der Waals surface area contributed by atoms with Gasteiger partial charge in [0.25, 0.3) is 5.91 Å². The van der Waals surface area contributed by atoms with Crippen LogP contribution in [0.2, 0.25) is 0 Å². The van der Waals surface area contributed by atoms with E-state index < -0.39 is 5.82 Å². The molecule has 2 aromatic heterocycles. The Morgan fingerprint density at radius 1 is 1.08 bits per heavy atom. The SMILES string of the molecule is CN(C(=O)c1ccccc1F)C(c1cccs1)c1c[nH]c2ccccc12. The molecule has 1 atom stereocenters. The van der Waals surface area contributed by atoms with Crippen LogP contribution < -0.4 is 0 Å². The van der Waals surface area contributed by atoms with Gasteiger partial charge in [-0.1, -0.05) is 36.4 Å². The Kier molecular flexibility index (Phi) is 4.31. The van der Waals surface area contributed by atoms with Gasteiger partial charge in [-0.05, 0) is 29.6 Å². The lowest BCUT2D eigenvalue weighted by atomic mass is 10.0. The van der Waals surface area contributed by atoms with Crippen molar-refractivity contribution in [2.24, 2.45) is 0 Å². The summed E-state index contributed by atoms with van der Waals surface area (Å²) in [6.07, 6.45) is 1.93. The lowest BCUT2D eigenvalue weighted by Gasteiger charge is -2.28. The summed E-state index contributed by atoms with van der Waals surface area (Å²) in [6, 6.07) is 17.7. The molecule has 4 rings (SSSR count). The van der Waals surface area contributed by atoms with Gasteiger partial charge in [0, 0.05) is 34.6 Å². The monoisotopic (exact) mass is 364 g/mol. The van der Waals surface area contributed by atoms with Crippen molar-refractivity contribution in [3.8, 4) is 0 Å². The van der Waals surface area contributed by atoms with Crippen LogP contribution in [-0.2, 0) is 0 Å². The van der Waals surface area contributed by atoms with Gasteiger partial charge in [-0.3, -0.25) is 4.79 Å². The summed E-state index contributed by atoms with van der Waals surface area (Å²) in [5.41, 5.74) is 2.09. The average molecular weight is 364 g/mol. The molecule has 4 aromatic rings. The number of H-pyrrole nitrogens is 1. The number of fused-ring (bicyclic) bond motifs is 1. The summed E-state index contributed by atoms with van der Waals surface area (Å²) in [5, 5.41) is 3.04. The fraction of sp³-hybridized carbons (Fsp3) is 0.0952. The van der Waals surface area contributed by atoms with E-state index in [0.29, 0.717) is 0 Å². The quantitative estimate of drug-likeness (QED) is 0.529. The lowest BCUT2D eigenvalue weighted by molar-refractivity contribution is 0.0753. The molecule has 1 amide bonds. The first-order chi connectivity index (χ1) is 12.7. The van der Waals surface area contributed by atoms with Crippen LogP contribution in [0, 0.1) is 5.82 Å². The van der Waals surface area contributed by atoms with Gasteiger partial charge in [0.05, 0.1) is 11.6 Å². The summed E-state index contributed by atoms with van der Waals surface area (Å²) in [4.78, 5) is 18.9. The highest BCUT2D eigenvalue weighted by molar-refractivity contribution is 7.10. The molecule has 0 bridgehead atoms. The number of hydrogen-bond acceptors (Lipinski definition) is 2. The second kappa shape index (κ2) is 6.77. The van der Waals surface area contributed by atoms with Gasteiger partial charge in [0.2, 0.25) is 0 Å². The maximum atomic E-state index is 14.2. The van der Waals surface area contributed by atoms with E-state index in [1.807, 2.05) is 48.0 Å². The summed E-state index contributed by atoms with van der Waals surface area (Å²) in [6.45, 7) is 0. The highest BCUT2D eigenvalue weighted by Gasteiger charge is 2.28. The van der Waals surface area contributed by atoms with Crippen LogP contribution in [0.25, 0.3) is 10.9 Å². The number of nitrogens with zero attached hydrogens (tertiary/aromatic N) is 1. The molecule has 0 saturated heterocycles. The third kappa shape index (κ3) is 2.80. The smallest absolute Gasteiger partial charge is 0.257 e. The van der Waals surface area contributed by atoms with Gasteiger partial charge in [-0.2, -0.15) is 0 Å². The normalized spacial score (nSPS) is 12.2. The number of nitrogens with one attached hydrogen (secondary N) is 1. The molecule has 0 radical (unpaired) electrons. The molecule has 2 aromatic carbocycles. The Bertz CT molecular complexity index is 1050. The molecule has 1 N–H and O–H groups in total. The van der Waals surface area contributed by atoms with E-state index in [4.69, 9.17) is 0 Å². The third-order valence-electron chi connectivity index (χ3n) is 4.54. The number of thiophene rings is 1. The summed E-state index contributed by atoms with van der Waals surface area (Å²) in [5.74, 6) is -0.847. The van der Waals surface area contributed by atoms with E-state index in [1.54, 1.807) is 35.4 Å². The summed E-state index contributed by atoms with van der Waals surface area (Å²) < 4.78 is 14.2. The number of rotatable bonds is 4. The standard InChI is InChI=1S/C21H17FN2OS/c1-24(21(25)15-8-2-4-9-17(15)22)20(19-11-6-12-26-19)16-13-23-18-10-5-3-7-14(16)18/h2-13,20,23H,1H3. The zero-order valence-electron chi connectivity index (χ0n) is 14.1. The first-order valence-electron chi connectivity index (χ1n) is 8.28. The minimum Gasteiger partial charge on any atom is -0.361 e. The summed E-state index contributed by atoms with van der Waals surface area (Å²) in [7, 11) is 1.72. The maximum Gasteiger partial charge on any atom is 0.257 e. The average Bonchev–Trinajstić information content (AvgIpc) is 3.33. The van der Waals surface area contributed by atoms with Crippen LogP contribution in [0.5, 0.6) is 0 Å². The number of halogens is 1. The van der Waals surface area contributed by atoms with Crippen LogP contribution in [-0.4, -0.2) is 22.8 Å². The predicted octanol–water partition coefficient (Wildman–Crippen LogP) is 5.23. The highest BCUT2D eigenvalue weighted by Crippen LogP contribution is 2.36. The van der Waals surface area contributed by atoms with Crippen molar-refractivity contribution in [2.45, 2.75) is 6.04 Å². The van der Waals surface area contributed by atoms with E-state index in [2.05, 4.69) is 4.98 Å². The molecule has 0 aliphatic rings. The van der Waals surface area contributed by atoms with Crippen LogP contribution >= 0.6 is 11.3 Å². The van der Waals surface area contributed by atoms with E-state index in [9.17, 15) is 9.18 Å². The van der Waals surface area contributed by atoms with Crippen molar-refractivity contribution in [1.82, 2.24) is 9.88 Å². The van der Waals surface area contributed by atoms with E-state index in [0.717, 1.165) is 21.3 Å². The number of hydrogen-bond donors (Lipinski definition) is 1. The first kappa shape index (κ1) is 16.5. The minimum atomic E-state index is -0.506. The fourth-order valence-corrected chi connectivity index (χ4v) is 4.15. The largest absolute Gasteiger partial charge is 0.361 e. The Hall–Kier alpha value is -2.92. The van der Waals surface area contributed by atoms with Crippen molar-refractivity contribution >= 4 is 28.1 Å². The van der Waals surface area contributed by atoms with Crippen molar-refractivity contribution in [1.29, 1.82) is 0 Å². The molecule has 0 spiro atoms. The minimum absolute atomic E-state index is 0.0800. The van der Waals surface area contributed by atoms with Crippen LogP contribution in [0.4, 0.5) is 4.39 Å². The molecule has 26 heavy (non-hydrogen) atoms. The molecule has 5 heteroatoms. The Balaban J connectivity index is 1.82. The van der Waals surface area contributed by atoms with Gasteiger partial charge in [-0.15, -0.1) is 11.3 Å². The number of aromatic nitrogens is 1. The number of aromatic amines is 1. The third-order valence-corrected chi connectivity index (χ3v) is 5.47. The van der Waals surface area contributed by atoms with Gasteiger partial charge in [-0.25, -0.2) is 4.39 Å². The number of para-hydroxylation sites is 1. The van der Waals surface area contributed by atoms with Gasteiger partial charge >= 0.3 is 0 Å². The van der Waals surface area contributed by atoms with Gasteiger partial charge < -0.3 is 9.88 Å². The molecule has 2 heterocycles. The molecular weight excluding hydrogens is 347 g/mol. The number of carbonyl (C=O) groups is 1. The van der Waals surface area contributed by atoms with Gasteiger partial charge in [0.15, 0.2) is 0 Å². The number of benzene rings is 2. The van der Waals surface area contributed by atoms with Crippen LogP contribution in [0.15, 0.2) is 72.2 Å². The maximum absolute atomic E-state index is 14.2. The molecule has 0 saturated carbocycles. The lowest BCUT2D eigenvalue weighted by Crippen LogP contribution is -2.32. The zero-order valence-corrected chi connectivity index (χ0v) is 15.0. The van der Waals surface area contributed by atoms with E-state index in [1.165, 1.54) is 12.1 Å². The molecule has 0 aliphatic heterocycles. The molecule has 3 nitrogen and oxygen atoms in total. The predicted molar refractivity (Wildman–Crippen MR) is 103 cm³/mol. The molecule has 130 valence electrons. The summed E-state index contributed by atoms with van der Waals surface area (Å²) >= 11 is 1.58. The van der Waals surface area contributed by atoms with Gasteiger partial charge in [0.1, 0.15) is 5.82 Å². The van der Waals surface area contributed by atoms with Crippen LogP contribution in [0.3, 0.4) is 0 Å². The topological polar surface area (TPSA) is 36.1 Å². The van der Waals surface area contributed by atoms with E-state index in [-0.39, 0.29) is 17.5 Å². The molecule has 0 fully saturated rings. The molecular formula is C21H17FN2OS. The second-order valence-electron chi connectivity index (χ2n) is 6.10. The Labute approximate surface area is 154 Å². The molecule has 0 aliphatic carbocycles. The highest BCUT2D eigenvalue weighted by atomic mass is 32.1. The van der Waals surface area contributed by atoms with E-state index >= 15 is 0 Å². The zero-order chi connectivity index (χ0) is 18.1. The fourth-order valence-electron chi connectivity index (χ4n) is 3.26. The van der Waals surface area contributed by atoms with Crippen molar-refractivity contribution < 1.29 is 9.18 Å². The Morgan fingerprint density at radius 3 is 2.62 bits per heavy atom.